The topological polar surface area (TPSA) is 68.3 Å². The smallest absolute Gasteiger partial charge is 0.189 e. The molecule has 0 spiro atoms. The van der Waals surface area contributed by atoms with Crippen LogP contribution in [-0.2, 0) is 19.7 Å². The lowest BCUT2D eigenvalue weighted by molar-refractivity contribution is 0.599. The Hall–Kier alpha value is -0.360. The lowest BCUT2D eigenvalue weighted by Gasteiger charge is -1.92. The SMILES string of the molecule is CCC1=CS(=O)(=O)CS1(=O)=O. The lowest BCUT2D eigenvalue weighted by Crippen LogP contribution is -2.06. The molecule has 0 saturated heterocycles. The molecule has 0 bridgehead atoms. The third-order valence-electron chi connectivity index (χ3n) is 1.38. The average Bonchev–Trinajstić information content (AvgIpc) is 1.99. The van der Waals surface area contributed by atoms with Gasteiger partial charge < -0.3 is 0 Å². The van der Waals surface area contributed by atoms with Crippen molar-refractivity contribution in [2.75, 3.05) is 5.08 Å². The third-order valence-corrected chi connectivity index (χ3v) is 5.93. The van der Waals surface area contributed by atoms with Gasteiger partial charge in [0.15, 0.2) is 24.8 Å². The van der Waals surface area contributed by atoms with Crippen molar-refractivity contribution in [3.63, 3.8) is 0 Å². The van der Waals surface area contributed by atoms with E-state index >= 15 is 0 Å². The van der Waals surface area contributed by atoms with Gasteiger partial charge in [0, 0.05) is 5.41 Å². The van der Waals surface area contributed by atoms with Crippen LogP contribution in [0.5, 0.6) is 0 Å². The molecule has 0 fully saturated rings. The Kier molecular flexibility index (Phi) is 1.84. The zero-order valence-corrected chi connectivity index (χ0v) is 7.57. The Morgan fingerprint density at radius 3 is 2.09 bits per heavy atom. The summed E-state index contributed by atoms with van der Waals surface area (Å²) in [5, 5.41) is 0.103. The van der Waals surface area contributed by atoms with Crippen LogP contribution in [-0.4, -0.2) is 21.9 Å². The highest BCUT2D eigenvalue weighted by molar-refractivity contribution is 8.14. The Balaban J connectivity index is 3.31. The fraction of sp³-hybridized carbons (Fsp3) is 0.600. The Labute approximate surface area is 65.8 Å². The molecule has 1 rings (SSSR count). The molecule has 1 aliphatic rings. The molecule has 0 aliphatic carbocycles. The van der Waals surface area contributed by atoms with Crippen molar-refractivity contribution in [1.29, 1.82) is 0 Å². The first-order valence-corrected chi connectivity index (χ1v) is 6.40. The van der Waals surface area contributed by atoms with Crippen LogP contribution in [0.3, 0.4) is 0 Å². The summed E-state index contributed by atoms with van der Waals surface area (Å²) < 4.78 is 43.4. The van der Waals surface area contributed by atoms with E-state index in [0.29, 0.717) is 0 Å². The van der Waals surface area contributed by atoms with Crippen LogP contribution in [0.4, 0.5) is 0 Å². The maximum atomic E-state index is 11.0. The summed E-state index contributed by atoms with van der Waals surface area (Å²) in [5.41, 5.74) is 0. The summed E-state index contributed by atoms with van der Waals surface area (Å²) >= 11 is 0. The zero-order valence-electron chi connectivity index (χ0n) is 5.94. The fourth-order valence-corrected chi connectivity index (χ4v) is 5.54. The largest absolute Gasteiger partial charge is 0.223 e. The monoisotopic (exact) mass is 196 g/mol. The van der Waals surface area contributed by atoms with Gasteiger partial charge in [-0.05, 0) is 6.42 Å². The predicted molar refractivity (Wildman–Crippen MR) is 41.1 cm³/mol. The third kappa shape index (κ3) is 1.62. The number of sulfone groups is 2. The van der Waals surface area contributed by atoms with Gasteiger partial charge in [-0.1, -0.05) is 6.92 Å². The molecular weight excluding hydrogens is 188 g/mol. The van der Waals surface area contributed by atoms with Crippen molar-refractivity contribution in [3.05, 3.63) is 10.3 Å². The second kappa shape index (κ2) is 2.31. The Morgan fingerprint density at radius 1 is 1.36 bits per heavy atom. The maximum Gasteiger partial charge on any atom is 0.189 e. The molecule has 0 aromatic rings. The minimum absolute atomic E-state index is 0.0255. The van der Waals surface area contributed by atoms with Gasteiger partial charge >= 0.3 is 0 Å². The highest BCUT2D eigenvalue weighted by atomic mass is 32.3. The molecule has 0 atom stereocenters. The van der Waals surface area contributed by atoms with Crippen LogP contribution >= 0.6 is 0 Å². The maximum absolute atomic E-state index is 11.0. The molecule has 0 aromatic heterocycles. The van der Waals surface area contributed by atoms with Crippen molar-refractivity contribution >= 4 is 19.7 Å². The van der Waals surface area contributed by atoms with Crippen LogP contribution in [0.25, 0.3) is 0 Å². The molecule has 4 nitrogen and oxygen atoms in total. The molecule has 0 radical (unpaired) electrons. The van der Waals surface area contributed by atoms with E-state index in [1.807, 2.05) is 0 Å². The summed E-state index contributed by atoms with van der Waals surface area (Å²) in [6, 6.07) is 0. The normalized spacial score (nSPS) is 26.5. The van der Waals surface area contributed by atoms with Crippen molar-refractivity contribution < 1.29 is 16.8 Å². The van der Waals surface area contributed by atoms with Crippen molar-refractivity contribution in [2.45, 2.75) is 13.3 Å². The second-order valence-corrected chi connectivity index (χ2v) is 6.59. The van der Waals surface area contributed by atoms with Crippen LogP contribution in [0.15, 0.2) is 10.3 Å². The van der Waals surface area contributed by atoms with Crippen LogP contribution in [0.1, 0.15) is 13.3 Å². The number of hydrogen-bond donors (Lipinski definition) is 0. The summed E-state index contributed by atoms with van der Waals surface area (Å²) in [7, 11) is -6.94. The molecule has 0 unspecified atom stereocenters. The highest BCUT2D eigenvalue weighted by Gasteiger charge is 2.31. The van der Waals surface area contributed by atoms with E-state index in [9.17, 15) is 16.8 Å². The molecular formula is C5H8O4S2. The average molecular weight is 196 g/mol. The first kappa shape index (κ1) is 8.73. The summed E-state index contributed by atoms with van der Waals surface area (Å²) in [4.78, 5) is 0.0255. The Bertz CT molecular complexity index is 384. The molecule has 6 heteroatoms. The van der Waals surface area contributed by atoms with Gasteiger partial charge in [-0.25, -0.2) is 16.8 Å². The molecule has 1 aliphatic heterocycles. The lowest BCUT2D eigenvalue weighted by atomic mass is 10.5. The number of hydrogen-bond acceptors (Lipinski definition) is 4. The molecule has 0 saturated carbocycles. The second-order valence-electron chi connectivity index (χ2n) is 2.33. The van der Waals surface area contributed by atoms with E-state index in [1.54, 1.807) is 6.92 Å². The van der Waals surface area contributed by atoms with Gasteiger partial charge in [0.2, 0.25) is 0 Å². The fourth-order valence-electron chi connectivity index (χ4n) is 0.903. The first-order valence-electron chi connectivity index (χ1n) is 3.03. The number of allylic oxidation sites excluding steroid dienone is 1. The van der Waals surface area contributed by atoms with E-state index in [0.717, 1.165) is 5.41 Å². The summed E-state index contributed by atoms with van der Waals surface area (Å²) in [6.45, 7) is 1.62. The summed E-state index contributed by atoms with van der Waals surface area (Å²) in [5.74, 6) is 0. The minimum atomic E-state index is -3.47. The highest BCUT2D eigenvalue weighted by Crippen LogP contribution is 2.23. The van der Waals surface area contributed by atoms with Gasteiger partial charge in [0.05, 0.1) is 4.91 Å². The van der Waals surface area contributed by atoms with E-state index < -0.39 is 24.8 Å². The van der Waals surface area contributed by atoms with Crippen molar-refractivity contribution in [1.82, 2.24) is 0 Å². The first-order chi connectivity index (χ1) is 4.87. The molecule has 1 heterocycles. The molecule has 11 heavy (non-hydrogen) atoms. The van der Waals surface area contributed by atoms with Gasteiger partial charge in [-0.3, -0.25) is 0 Å². The number of rotatable bonds is 1. The summed E-state index contributed by atoms with van der Waals surface area (Å²) in [6.07, 6.45) is 0.252. The molecule has 0 aromatic carbocycles. The minimum Gasteiger partial charge on any atom is -0.223 e. The quantitative estimate of drug-likeness (QED) is 0.593. The van der Waals surface area contributed by atoms with Crippen molar-refractivity contribution in [2.24, 2.45) is 0 Å². The van der Waals surface area contributed by atoms with Crippen LogP contribution in [0.2, 0.25) is 0 Å². The zero-order chi connectivity index (χ0) is 8.70. The standard InChI is InChI=1S/C5H8O4S2/c1-2-5-3-10(6,7)4-11(5,8)9/h3H,2,4H2,1H3. The molecule has 64 valence electrons. The van der Waals surface area contributed by atoms with E-state index in [-0.39, 0.29) is 11.3 Å². The molecule has 0 amide bonds. The van der Waals surface area contributed by atoms with Gasteiger partial charge in [-0.2, -0.15) is 0 Å². The van der Waals surface area contributed by atoms with Crippen LogP contribution < -0.4 is 0 Å². The molecule has 0 N–H and O–H groups in total. The van der Waals surface area contributed by atoms with E-state index in [4.69, 9.17) is 0 Å². The Morgan fingerprint density at radius 2 is 1.91 bits per heavy atom. The van der Waals surface area contributed by atoms with Crippen LogP contribution in [0, 0.1) is 0 Å². The van der Waals surface area contributed by atoms with Crippen molar-refractivity contribution in [3.8, 4) is 0 Å². The van der Waals surface area contributed by atoms with E-state index in [1.165, 1.54) is 0 Å². The van der Waals surface area contributed by atoms with E-state index in [2.05, 4.69) is 0 Å². The van der Waals surface area contributed by atoms with Gasteiger partial charge in [0.1, 0.15) is 0 Å². The van der Waals surface area contributed by atoms with Gasteiger partial charge in [0.25, 0.3) is 0 Å². The predicted octanol–water partition coefficient (Wildman–Crippen LogP) is 0.0385. The van der Waals surface area contributed by atoms with Gasteiger partial charge in [-0.15, -0.1) is 0 Å².